The first kappa shape index (κ1) is 25.4. The second-order valence-electron chi connectivity index (χ2n) is 9.13. The summed E-state index contributed by atoms with van der Waals surface area (Å²) in [4.78, 5) is 38.2. The Hall–Kier alpha value is -4.23. The summed E-state index contributed by atoms with van der Waals surface area (Å²) in [7, 11) is 0. The van der Waals surface area contributed by atoms with Crippen LogP contribution in [0.2, 0.25) is 5.02 Å². The van der Waals surface area contributed by atoms with Gasteiger partial charge in [0.2, 0.25) is 11.9 Å². The molecule has 1 aliphatic heterocycles. The van der Waals surface area contributed by atoms with Crippen LogP contribution in [0.15, 0.2) is 91.1 Å². The number of rotatable bonds is 7. The van der Waals surface area contributed by atoms with E-state index < -0.39 is 0 Å². The van der Waals surface area contributed by atoms with Gasteiger partial charge in [-0.3, -0.25) is 9.59 Å². The van der Waals surface area contributed by atoms with E-state index in [1.807, 2.05) is 82.6 Å². The van der Waals surface area contributed by atoms with Crippen molar-refractivity contribution in [1.82, 2.24) is 19.8 Å². The smallest absolute Gasteiger partial charge is 0.253 e. The van der Waals surface area contributed by atoms with Crippen LogP contribution in [0.3, 0.4) is 0 Å². The first-order valence-electron chi connectivity index (χ1n) is 12.6. The minimum atomic E-state index is -0.0334. The molecule has 0 unspecified atom stereocenters. The number of carbonyl (C=O) groups is 2. The van der Waals surface area contributed by atoms with Crippen LogP contribution in [0.25, 0.3) is 11.3 Å². The lowest BCUT2D eigenvalue weighted by atomic mass is 10.1. The summed E-state index contributed by atoms with van der Waals surface area (Å²) in [5.74, 6) is 0.567. The molecule has 1 N–H and O–H groups in total. The number of nitrogens with one attached hydrogen (secondary N) is 1. The van der Waals surface area contributed by atoms with Crippen molar-refractivity contribution in [1.29, 1.82) is 0 Å². The third kappa shape index (κ3) is 6.36. The summed E-state index contributed by atoms with van der Waals surface area (Å²) in [6, 6.07) is 26.6. The van der Waals surface area contributed by atoms with E-state index >= 15 is 0 Å². The van der Waals surface area contributed by atoms with Gasteiger partial charge >= 0.3 is 0 Å². The highest BCUT2D eigenvalue weighted by Gasteiger charge is 2.24. The number of nitrogens with zero attached hydrogens (tertiary/aromatic N) is 4. The van der Waals surface area contributed by atoms with Crippen molar-refractivity contribution in [3.05, 3.63) is 107 Å². The van der Waals surface area contributed by atoms with Gasteiger partial charge in [-0.05, 0) is 54.4 Å². The molecular weight excluding hydrogens is 498 g/mol. The van der Waals surface area contributed by atoms with Crippen molar-refractivity contribution in [3.8, 4) is 11.3 Å². The Morgan fingerprint density at radius 1 is 0.816 bits per heavy atom. The van der Waals surface area contributed by atoms with Gasteiger partial charge < -0.3 is 15.1 Å². The fourth-order valence-electron chi connectivity index (χ4n) is 4.42. The number of aromatic nitrogens is 2. The van der Waals surface area contributed by atoms with Crippen molar-refractivity contribution in [2.24, 2.45) is 0 Å². The summed E-state index contributed by atoms with van der Waals surface area (Å²) in [6.07, 6.45) is 2.91. The van der Waals surface area contributed by atoms with Gasteiger partial charge in [-0.25, -0.2) is 9.97 Å². The van der Waals surface area contributed by atoms with E-state index in [0.29, 0.717) is 49.1 Å². The molecule has 3 aromatic carbocycles. The van der Waals surface area contributed by atoms with Gasteiger partial charge in [0.05, 0.1) is 5.69 Å². The molecule has 0 spiro atoms. The zero-order chi connectivity index (χ0) is 26.3. The fraction of sp³-hybridized carbons (Fsp3) is 0.200. The molecule has 0 radical (unpaired) electrons. The molecule has 1 aromatic heterocycles. The van der Waals surface area contributed by atoms with Crippen molar-refractivity contribution in [2.45, 2.75) is 12.8 Å². The molecule has 1 aliphatic rings. The topological polar surface area (TPSA) is 78.4 Å². The average Bonchev–Trinajstić information content (AvgIpc) is 2.97. The van der Waals surface area contributed by atoms with Crippen LogP contribution in [0, 0.1) is 0 Å². The Labute approximate surface area is 227 Å². The number of halogens is 1. The van der Waals surface area contributed by atoms with Gasteiger partial charge in [0, 0.05) is 60.6 Å². The second-order valence-corrected chi connectivity index (χ2v) is 9.57. The average molecular weight is 526 g/mol. The lowest BCUT2D eigenvalue weighted by molar-refractivity contribution is -0.132. The highest BCUT2D eigenvalue weighted by molar-refractivity contribution is 6.30. The van der Waals surface area contributed by atoms with Crippen molar-refractivity contribution in [3.63, 3.8) is 0 Å². The quantitative estimate of drug-likeness (QED) is 0.347. The monoisotopic (exact) mass is 525 g/mol. The molecule has 1 fully saturated rings. The fourth-order valence-corrected chi connectivity index (χ4v) is 4.55. The Bertz CT molecular complexity index is 1390. The van der Waals surface area contributed by atoms with Crippen LogP contribution in [0.5, 0.6) is 0 Å². The van der Waals surface area contributed by atoms with E-state index in [-0.39, 0.29) is 11.8 Å². The van der Waals surface area contributed by atoms with Gasteiger partial charge in [0.15, 0.2) is 0 Å². The van der Waals surface area contributed by atoms with Gasteiger partial charge in [-0.1, -0.05) is 54.1 Å². The first-order chi connectivity index (χ1) is 18.5. The zero-order valence-corrected chi connectivity index (χ0v) is 21.6. The van der Waals surface area contributed by atoms with Gasteiger partial charge in [-0.15, -0.1) is 0 Å². The van der Waals surface area contributed by atoms with Crippen LogP contribution in [-0.2, 0) is 11.2 Å². The van der Waals surface area contributed by atoms with Crippen molar-refractivity contribution in [2.75, 3.05) is 31.5 Å². The number of amides is 2. The number of hydrogen-bond donors (Lipinski definition) is 1. The molecule has 0 saturated carbocycles. The van der Waals surface area contributed by atoms with E-state index in [1.54, 1.807) is 18.3 Å². The lowest BCUT2D eigenvalue weighted by Gasteiger charge is -2.35. The summed E-state index contributed by atoms with van der Waals surface area (Å²) in [6.45, 7) is 2.17. The predicted octanol–water partition coefficient (Wildman–Crippen LogP) is 5.46. The number of anilines is 2. The van der Waals surface area contributed by atoms with Crippen LogP contribution >= 0.6 is 11.6 Å². The molecule has 0 bridgehead atoms. The van der Waals surface area contributed by atoms with E-state index in [9.17, 15) is 9.59 Å². The zero-order valence-electron chi connectivity index (χ0n) is 20.9. The SMILES string of the molecule is O=C(CCc1ccccc1)N1CCN(C(=O)c2ccc(Nc3nccc(-c4ccc(Cl)cc4)n3)cc2)CC1. The van der Waals surface area contributed by atoms with Gasteiger partial charge in [0.25, 0.3) is 5.91 Å². The number of benzene rings is 3. The number of hydrogen-bond acceptors (Lipinski definition) is 5. The molecule has 0 aliphatic carbocycles. The summed E-state index contributed by atoms with van der Waals surface area (Å²) < 4.78 is 0. The maximum absolute atomic E-state index is 13.1. The summed E-state index contributed by atoms with van der Waals surface area (Å²) in [5.41, 5.74) is 4.27. The highest BCUT2D eigenvalue weighted by atomic mass is 35.5. The third-order valence-electron chi connectivity index (χ3n) is 6.57. The van der Waals surface area contributed by atoms with Crippen molar-refractivity contribution >= 4 is 35.1 Å². The molecule has 38 heavy (non-hydrogen) atoms. The molecule has 2 heterocycles. The van der Waals surface area contributed by atoms with Crippen LogP contribution in [-0.4, -0.2) is 57.8 Å². The van der Waals surface area contributed by atoms with Gasteiger partial charge in [0.1, 0.15) is 0 Å². The standard InChI is InChI=1S/C30H28ClN5O2/c31-25-11-7-23(8-12-25)27-16-17-32-30(34-27)33-26-13-9-24(10-14-26)29(38)36-20-18-35(19-21-36)28(37)15-6-22-4-2-1-3-5-22/h1-5,7-14,16-17H,6,15,18-21H2,(H,32,33,34). The lowest BCUT2D eigenvalue weighted by Crippen LogP contribution is -2.50. The Kier molecular flexibility index (Phi) is 7.95. The van der Waals surface area contributed by atoms with Crippen molar-refractivity contribution < 1.29 is 9.59 Å². The van der Waals surface area contributed by atoms with Crippen LogP contribution in [0.4, 0.5) is 11.6 Å². The van der Waals surface area contributed by atoms with E-state index in [4.69, 9.17) is 11.6 Å². The van der Waals surface area contributed by atoms with E-state index in [1.165, 1.54) is 0 Å². The maximum atomic E-state index is 13.1. The third-order valence-corrected chi connectivity index (χ3v) is 6.83. The molecule has 4 aromatic rings. The van der Waals surface area contributed by atoms with Crippen LogP contribution < -0.4 is 5.32 Å². The molecule has 1 saturated heterocycles. The highest BCUT2D eigenvalue weighted by Crippen LogP contribution is 2.22. The molecule has 192 valence electrons. The second kappa shape index (κ2) is 11.9. The summed E-state index contributed by atoms with van der Waals surface area (Å²) in [5, 5.41) is 3.87. The number of piperazine rings is 1. The molecule has 7 nitrogen and oxygen atoms in total. The molecular formula is C30H28ClN5O2. The molecule has 5 rings (SSSR count). The van der Waals surface area contributed by atoms with E-state index in [2.05, 4.69) is 15.3 Å². The first-order valence-corrected chi connectivity index (χ1v) is 13.0. The molecule has 0 atom stereocenters. The van der Waals surface area contributed by atoms with E-state index in [0.717, 1.165) is 28.9 Å². The van der Waals surface area contributed by atoms with Gasteiger partial charge in [-0.2, -0.15) is 0 Å². The Balaban J connectivity index is 1.13. The number of carbonyl (C=O) groups excluding carboxylic acids is 2. The predicted molar refractivity (Wildman–Crippen MR) is 149 cm³/mol. The number of aryl methyl sites for hydroxylation is 1. The summed E-state index contributed by atoms with van der Waals surface area (Å²) >= 11 is 5.98. The maximum Gasteiger partial charge on any atom is 0.253 e. The Morgan fingerprint density at radius 3 is 2.21 bits per heavy atom. The Morgan fingerprint density at radius 2 is 1.50 bits per heavy atom. The molecule has 8 heteroatoms. The largest absolute Gasteiger partial charge is 0.339 e. The van der Waals surface area contributed by atoms with Crippen LogP contribution in [0.1, 0.15) is 22.3 Å². The minimum absolute atomic E-state index is 0.0334. The normalized spacial score (nSPS) is 13.3. The molecule has 2 amide bonds. The minimum Gasteiger partial charge on any atom is -0.339 e.